The number of esters is 1. The number of ether oxygens (including phenoxy) is 1. The molecule has 9 nitrogen and oxygen atoms in total. The van der Waals surface area contributed by atoms with Crippen molar-refractivity contribution in [3.05, 3.63) is 101 Å². The molecular formula is C23H19N3O6S. The summed E-state index contributed by atoms with van der Waals surface area (Å²) in [6.45, 7) is 3.56. The molecule has 0 fully saturated rings. The molecule has 168 valence electrons. The van der Waals surface area contributed by atoms with Crippen LogP contribution >= 0.6 is 11.3 Å². The highest BCUT2D eigenvalue weighted by Crippen LogP contribution is 2.31. The number of carbonyl (C=O) groups is 1. The Labute approximate surface area is 191 Å². The Balaban J connectivity index is 1.96. The third kappa shape index (κ3) is 3.96. The first kappa shape index (κ1) is 22.2. The summed E-state index contributed by atoms with van der Waals surface area (Å²) in [5, 5.41) is 21.4. The summed E-state index contributed by atoms with van der Waals surface area (Å²) in [6, 6.07) is 12.4. The van der Waals surface area contributed by atoms with Gasteiger partial charge in [-0.05, 0) is 25.5 Å². The van der Waals surface area contributed by atoms with Crippen LogP contribution in [0.5, 0.6) is 5.75 Å². The highest BCUT2D eigenvalue weighted by molar-refractivity contribution is 7.07. The summed E-state index contributed by atoms with van der Waals surface area (Å²) in [5.74, 6) is -1.09. The number of allylic oxidation sites excluding steroid dienone is 1. The van der Waals surface area contributed by atoms with E-state index >= 15 is 0 Å². The van der Waals surface area contributed by atoms with Gasteiger partial charge in [-0.3, -0.25) is 19.5 Å². The van der Waals surface area contributed by atoms with Gasteiger partial charge < -0.3 is 9.84 Å². The van der Waals surface area contributed by atoms with E-state index in [0.717, 1.165) is 11.3 Å². The molecule has 0 bridgehead atoms. The van der Waals surface area contributed by atoms with Gasteiger partial charge in [-0.25, -0.2) is 9.79 Å². The van der Waals surface area contributed by atoms with E-state index in [1.54, 1.807) is 13.8 Å². The molecule has 0 unspecified atom stereocenters. The number of thiazole rings is 1. The molecule has 3 aromatic rings. The van der Waals surface area contributed by atoms with Crippen LogP contribution in [-0.4, -0.2) is 27.2 Å². The highest BCUT2D eigenvalue weighted by Gasteiger charge is 2.33. The summed E-state index contributed by atoms with van der Waals surface area (Å²) < 4.78 is 6.87. The maximum Gasteiger partial charge on any atom is 0.338 e. The zero-order chi connectivity index (χ0) is 23.7. The van der Waals surface area contributed by atoms with Gasteiger partial charge in [-0.15, -0.1) is 0 Å². The highest BCUT2D eigenvalue weighted by atomic mass is 32.1. The van der Waals surface area contributed by atoms with E-state index in [-0.39, 0.29) is 22.3 Å². The number of benzene rings is 2. The van der Waals surface area contributed by atoms with Crippen LogP contribution in [0.4, 0.5) is 5.69 Å². The summed E-state index contributed by atoms with van der Waals surface area (Å²) >= 11 is 1.07. The molecule has 1 N–H and O–H groups in total. The van der Waals surface area contributed by atoms with Crippen molar-refractivity contribution in [3.63, 3.8) is 0 Å². The molecule has 1 aliphatic rings. The van der Waals surface area contributed by atoms with Crippen LogP contribution in [0, 0.1) is 10.1 Å². The average molecular weight is 465 g/mol. The topological polar surface area (TPSA) is 124 Å². The van der Waals surface area contributed by atoms with Gasteiger partial charge in [0.05, 0.1) is 33.4 Å². The SMILES string of the molecule is CCOC(=O)C1=C(C)N=c2s/c(=C/c3cccc([N+](=O)[O-])c3O)c(=O)n2[C@H]1c1ccccc1. The molecule has 4 rings (SSSR count). The van der Waals surface area contributed by atoms with Crippen molar-refractivity contribution in [2.45, 2.75) is 19.9 Å². The lowest BCUT2D eigenvalue weighted by Crippen LogP contribution is -2.39. The number of fused-ring (bicyclic) bond motifs is 1. The van der Waals surface area contributed by atoms with Crippen molar-refractivity contribution in [3.8, 4) is 5.75 Å². The number of phenolic OH excluding ortho intramolecular Hbond substituents is 1. The lowest BCUT2D eigenvalue weighted by atomic mass is 9.96. The van der Waals surface area contributed by atoms with Gasteiger partial charge in [0.25, 0.3) is 5.56 Å². The number of hydrogen-bond acceptors (Lipinski definition) is 8. The predicted octanol–water partition coefficient (Wildman–Crippen LogP) is 2.41. The van der Waals surface area contributed by atoms with Crippen molar-refractivity contribution in [2.75, 3.05) is 6.61 Å². The fourth-order valence-electron chi connectivity index (χ4n) is 3.70. The zero-order valence-electron chi connectivity index (χ0n) is 17.7. The minimum atomic E-state index is -0.748. The van der Waals surface area contributed by atoms with Gasteiger partial charge in [0.2, 0.25) is 5.75 Å². The molecular weight excluding hydrogens is 446 g/mol. The lowest BCUT2D eigenvalue weighted by molar-refractivity contribution is -0.385. The number of phenols is 1. The van der Waals surface area contributed by atoms with E-state index in [4.69, 9.17) is 4.74 Å². The lowest BCUT2D eigenvalue weighted by Gasteiger charge is -2.24. The Morgan fingerprint density at radius 3 is 2.67 bits per heavy atom. The number of nitrogens with zero attached hydrogens (tertiary/aromatic N) is 3. The zero-order valence-corrected chi connectivity index (χ0v) is 18.5. The average Bonchev–Trinajstić information content (AvgIpc) is 3.09. The summed E-state index contributed by atoms with van der Waals surface area (Å²) in [6.07, 6.45) is 1.39. The second-order valence-electron chi connectivity index (χ2n) is 7.19. The van der Waals surface area contributed by atoms with Gasteiger partial charge in [0.1, 0.15) is 0 Å². The van der Waals surface area contributed by atoms with E-state index in [1.165, 1.54) is 28.8 Å². The molecule has 0 amide bonds. The number of nitro groups is 1. The van der Waals surface area contributed by atoms with E-state index in [1.807, 2.05) is 30.3 Å². The quantitative estimate of drug-likeness (QED) is 0.351. The molecule has 1 aromatic heterocycles. The van der Waals surface area contributed by atoms with Crippen LogP contribution in [0.25, 0.3) is 6.08 Å². The molecule has 0 spiro atoms. The van der Waals surface area contributed by atoms with Crippen LogP contribution in [0.1, 0.15) is 31.0 Å². The van der Waals surface area contributed by atoms with Crippen molar-refractivity contribution in [2.24, 2.45) is 4.99 Å². The van der Waals surface area contributed by atoms with Crippen LogP contribution in [0.15, 0.2) is 69.6 Å². The van der Waals surface area contributed by atoms with Gasteiger partial charge in [0, 0.05) is 11.6 Å². The number of nitro benzene ring substituents is 1. The Bertz CT molecular complexity index is 1470. The molecule has 10 heteroatoms. The minimum Gasteiger partial charge on any atom is -0.502 e. The Morgan fingerprint density at radius 1 is 1.27 bits per heavy atom. The first-order valence-corrected chi connectivity index (χ1v) is 10.9. The first-order valence-electron chi connectivity index (χ1n) is 10.0. The monoisotopic (exact) mass is 465 g/mol. The number of rotatable bonds is 5. The number of hydrogen-bond donors (Lipinski definition) is 1. The Hall–Kier alpha value is -4.05. The van der Waals surface area contributed by atoms with Gasteiger partial charge in [-0.2, -0.15) is 0 Å². The van der Waals surface area contributed by atoms with Crippen molar-refractivity contribution >= 4 is 29.1 Å². The molecule has 2 heterocycles. The number of aromatic hydroxyl groups is 1. The largest absolute Gasteiger partial charge is 0.502 e. The smallest absolute Gasteiger partial charge is 0.338 e. The standard InChI is InChI=1S/C23H19N3O6S/c1-3-32-22(29)18-13(2)24-23-25(19(18)14-8-5-4-6-9-14)21(28)17(33-23)12-15-10-7-11-16(20(15)27)26(30)31/h4-12,19,27H,3H2,1-2H3/b17-12+/t19-/m0/s1. The molecule has 2 aromatic carbocycles. The van der Waals surface area contributed by atoms with Crippen molar-refractivity contribution < 1.29 is 19.6 Å². The molecule has 0 saturated heterocycles. The minimum absolute atomic E-state index is 0.132. The number of aromatic nitrogens is 1. The maximum absolute atomic E-state index is 13.5. The summed E-state index contributed by atoms with van der Waals surface area (Å²) in [5.41, 5.74) is 0.646. The van der Waals surface area contributed by atoms with Gasteiger partial charge in [0.15, 0.2) is 4.80 Å². The fraction of sp³-hybridized carbons (Fsp3) is 0.174. The molecule has 1 aliphatic heterocycles. The van der Waals surface area contributed by atoms with Crippen LogP contribution in [0.3, 0.4) is 0 Å². The van der Waals surface area contributed by atoms with Crippen LogP contribution in [0.2, 0.25) is 0 Å². The fourth-order valence-corrected chi connectivity index (χ4v) is 4.73. The van der Waals surface area contributed by atoms with Gasteiger partial charge >= 0.3 is 11.7 Å². The molecule has 0 saturated carbocycles. The van der Waals surface area contributed by atoms with E-state index in [2.05, 4.69) is 4.99 Å². The molecule has 0 aliphatic carbocycles. The predicted molar refractivity (Wildman–Crippen MR) is 122 cm³/mol. The maximum atomic E-state index is 13.5. The normalized spacial score (nSPS) is 15.7. The number of carbonyl (C=O) groups excluding carboxylic acids is 1. The molecule has 1 atom stereocenters. The second kappa shape index (κ2) is 8.83. The molecule has 0 radical (unpaired) electrons. The van der Waals surface area contributed by atoms with E-state index in [0.29, 0.717) is 16.1 Å². The van der Waals surface area contributed by atoms with Crippen molar-refractivity contribution in [1.29, 1.82) is 0 Å². The van der Waals surface area contributed by atoms with Crippen LogP contribution < -0.4 is 14.9 Å². The summed E-state index contributed by atoms with van der Waals surface area (Å²) in [7, 11) is 0. The Morgan fingerprint density at radius 2 is 2.00 bits per heavy atom. The van der Waals surface area contributed by atoms with E-state index in [9.17, 15) is 24.8 Å². The molecule has 33 heavy (non-hydrogen) atoms. The third-order valence-corrected chi connectivity index (χ3v) is 6.14. The third-order valence-electron chi connectivity index (χ3n) is 5.16. The van der Waals surface area contributed by atoms with Gasteiger partial charge in [-0.1, -0.05) is 53.8 Å². The second-order valence-corrected chi connectivity index (χ2v) is 8.19. The first-order chi connectivity index (χ1) is 15.8. The van der Waals surface area contributed by atoms with Crippen molar-refractivity contribution in [1.82, 2.24) is 4.57 Å². The Kier molecular flexibility index (Phi) is 5.93. The summed E-state index contributed by atoms with van der Waals surface area (Å²) in [4.78, 5) is 41.5. The van der Waals surface area contributed by atoms with Crippen LogP contribution in [-0.2, 0) is 9.53 Å². The number of para-hydroxylation sites is 1. The van der Waals surface area contributed by atoms with E-state index < -0.39 is 33.9 Å².